The molecule has 1 aromatic heterocycles. The van der Waals surface area contributed by atoms with Crippen molar-refractivity contribution in [3.63, 3.8) is 0 Å². The summed E-state index contributed by atoms with van der Waals surface area (Å²) in [7, 11) is 3.60. The summed E-state index contributed by atoms with van der Waals surface area (Å²) < 4.78 is 20.8. The van der Waals surface area contributed by atoms with Gasteiger partial charge in [-0.15, -0.1) is 5.10 Å². The number of methoxy groups -OCH3 is 1. The molecule has 0 aliphatic rings. The van der Waals surface area contributed by atoms with Gasteiger partial charge in [-0.05, 0) is 49.1 Å². The van der Waals surface area contributed by atoms with E-state index in [9.17, 15) is 4.39 Å². The summed E-state index contributed by atoms with van der Waals surface area (Å²) >= 11 is 6.82. The fourth-order valence-electron chi connectivity index (χ4n) is 2.49. The van der Waals surface area contributed by atoms with Crippen molar-refractivity contribution in [1.29, 1.82) is 0 Å². The number of ether oxygens (including phenoxy) is 1. The molecule has 1 heterocycles. The number of rotatable bonds is 7. The first-order valence-corrected chi connectivity index (χ1v) is 9.18. The Morgan fingerprint density at radius 1 is 1.23 bits per heavy atom. The number of aromatic nitrogens is 2. The Bertz CT molecular complexity index is 923. The number of para-hydroxylation sites is 2. The third-order valence-corrected chi connectivity index (χ3v) is 4.92. The van der Waals surface area contributed by atoms with Crippen molar-refractivity contribution in [2.75, 3.05) is 19.5 Å². The van der Waals surface area contributed by atoms with E-state index < -0.39 is 0 Å². The zero-order valence-corrected chi connectivity index (χ0v) is 16.1. The summed E-state index contributed by atoms with van der Waals surface area (Å²) in [6.45, 7) is 1.22. The molecular weight excluding hydrogens is 371 g/mol. The molecule has 1 N–H and O–H groups in total. The molecule has 26 heavy (non-hydrogen) atoms. The van der Waals surface area contributed by atoms with Crippen LogP contribution < -0.4 is 10.1 Å². The number of hydrogen-bond acceptors (Lipinski definition) is 6. The van der Waals surface area contributed by atoms with Crippen molar-refractivity contribution in [3.8, 4) is 5.75 Å². The van der Waals surface area contributed by atoms with Crippen molar-refractivity contribution in [2.24, 2.45) is 0 Å². The van der Waals surface area contributed by atoms with Gasteiger partial charge in [0.15, 0.2) is 3.95 Å². The van der Waals surface area contributed by atoms with E-state index in [0.717, 1.165) is 17.0 Å². The maximum absolute atomic E-state index is 13.0. The van der Waals surface area contributed by atoms with Crippen molar-refractivity contribution in [3.05, 3.63) is 63.9 Å². The van der Waals surface area contributed by atoms with Gasteiger partial charge in [-0.25, -0.2) is 9.07 Å². The summed E-state index contributed by atoms with van der Waals surface area (Å²) in [6.07, 6.45) is 0. The van der Waals surface area contributed by atoms with Crippen molar-refractivity contribution >= 4 is 34.4 Å². The second-order valence-corrected chi connectivity index (χ2v) is 7.40. The van der Waals surface area contributed by atoms with Crippen LogP contribution in [-0.4, -0.2) is 28.8 Å². The highest BCUT2D eigenvalue weighted by Gasteiger charge is 2.09. The highest BCUT2D eigenvalue weighted by atomic mass is 32.1. The van der Waals surface area contributed by atoms with E-state index in [1.807, 2.05) is 31.3 Å². The number of anilines is 2. The van der Waals surface area contributed by atoms with Crippen LogP contribution in [0.25, 0.3) is 0 Å². The lowest BCUT2D eigenvalue weighted by Gasteiger charge is -2.16. The SMILES string of the molecule is COc1ccccc1Nc1nn(CN(C)Cc2ccc(F)cc2)c(=S)s1. The predicted octanol–water partition coefficient (Wildman–Crippen LogP) is 4.65. The van der Waals surface area contributed by atoms with Crippen molar-refractivity contribution in [2.45, 2.75) is 13.2 Å². The minimum Gasteiger partial charge on any atom is -0.495 e. The molecule has 0 radical (unpaired) electrons. The third-order valence-electron chi connectivity index (χ3n) is 3.70. The quantitative estimate of drug-likeness (QED) is 0.595. The normalized spacial score (nSPS) is 10.9. The monoisotopic (exact) mass is 390 g/mol. The van der Waals surface area contributed by atoms with Gasteiger partial charge in [0.1, 0.15) is 11.6 Å². The molecule has 8 heteroatoms. The van der Waals surface area contributed by atoms with Crippen LogP contribution in [-0.2, 0) is 13.2 Å². The molecule has 0 saturated heterocycles. The second-order valence-electron chi connectivity index (χ2n) is 5.78. The van der Waals surface area contributed by atoms with E-state index in [2.05, 4.69) is 15.3 Å². The van der Waals surface area contributed by atoms with E-state index in [1.54, 1.807) is 23.9 Å². The summed E-state index contributed by atoms with van der Waals surface area (Å²) in [6, 6.07) is 14.1. The van der Waals surface area contributed by atoms with Gasteiger partial charge < -0.3 is 10.1 Å². The van der Waals surface area contributed by atoms with Gasteiger partial charge in [0.2, 0.25) is 5.13 Å². The minimum absolute atomic E-state index is 0.231. The number of nitrogens with one attached hydrogen (secondary N) is 1. The molecule has 0 aliphatic heterocycles. The Kier molecular flexibility index (Phi) is 5.97. The summed E-state index contributed by atoms with van der Waals surface area (Å²) in [4.78, 5) is 2.07. The highest BCUT2D eigenvalue weighted by molar-refractivity contribution is 7.73. The van der Waals surface area contributed by atoms with Crippen LogP contribution in [0.15, 0.2) is 48.5 Å². The maximum Gasteiger partial charge on any atom is 0.209 e. The summed E-state index contributed by atoms with van der Waals surface area (Å²) in [5.74, 6) is 0.513. The van der Waals surface area contributed by atoms with Gasteiger partial charge in [-0.1, -0.05) is 35.6 Å². The Hall–Kier alpha value is -2.29. The average Bonchev–Trinajstić information content (AvgIpc) is 2.96. The van der Waals surface area contributed by atoms with E-state index in [0.29, 0.717) is 22.3 Å². The Balaban J connectivity index is 1.68. The van der Waals surface area contributed by atoms with Gasteiger partial charge >= 0.3 is 0 Å². The smallest absolute Gasteiger partial charge is 0.209 e. The number of halogens is 1. The Morgan fingerprint density at radius 3 is 2.69 bits per heavy atom. The molecule has 3 aromatic rings. The lowest BCUT2D eigenvalue weighted by molar-refractivity contribution is 0.245. The molecule has 0 fully saturated rings. The van der Waals surface area contributed by atoms with Crippen molar-refractivity contribution < 1.29 is 9.13 Å². The molecule has 0 aliphatic carbocycles. The summed E-state index contributed by atoms with van der Waals surface area (Å²) in [5, 5.41) is 8.49. The molecule has 0 unspecified atom stereocenters. The number of hydrogen-bond donors (Lipinski definition) is 1. The molecule has 3 rings (SSSR count). The zero-order valence-electron chi connectivity index (χ0n) is 14.5. The van der Waals surface area contributed by atoms with Crippen LogP contribution in [0, 0.1) is 9.77 Å². The predicted molar refractivity (Wildman–Crippen MR) is 105 cm³/mol. The van der Waals surface area contributed by atoms with Gasteiger partial charge in [0.25, 0.3) is 0 Å². The topological polar surface area (TPSA) is 42.3 Å². The molecule has 136 valence electrons. The maximum atomic E-state index is 13.0. The fourth-order valence-corrected chi connectivity index (χ4v) is 3.49. The number of nitrogens with zero attached hydrogens (tertiary/aromatic N) is 3. The molecule has 2 aromatic carbocycles. The van der Waals surface area contributed by atoms with E-state index in [4.69, 9.17) is 17.0 Å². The van der Waals surface area contributed by atoms with Crippen LogP contribution in [0.1, 0.15) is 5.56 Å². The van der Waals surface area contributed by atoms with Gasteiger partial charge in [0.05, 0.1) is 19.5 Å². The largest absolute Gasteiger partial charge is 0.495 e. The van der Waals surface area contributed by atoms with Crippen LogP contribution in [0.5, 0.6) is 5.75 Å². The first kappa shape index (κ1) is 18.5. The molecule has 0 bridgehead atoms. The average molecular weight is 391 g/mol. The third kappa shape index (κ3) is 4.66. The molecule has 0 spiro atoms. The van der Waals surface area contributed by atoms with Crippen molar-refractivity contribution in [1.82, 2.24) is 14.7 Å². The first-order valence-electron chi connectivity index (χ1n) is 7.96. The van der Waals surface area contributed by atoms with Crippen LogP contribution in [0.3, 0.4) is 0 Å². The van der Waals surface area contributed by atoms with E-state index in [-0.39, 0.29) is 5.82 Å². The van der Waals surface area contributed by atoms with Crippen LogP contribution in [0.2, 0.25) is 0 Å². The Morgan fingerprint density at radius 2 is 1.96 bits per heavy atom. The zero-order chi connectivity index (χ0) is 18.5. The van der Waals surface area contributed by atoms with Crippen LogP contribution in [0.4, 0.5) is 15.2 Å². The number of benzene rings is 2. The van der Waals surface area contributed by atoms with Gasteiger partial charge in [0, 0.05) is 6.54 Å². The standard InChI is InChI=1S/C18H19FN4OS2/c1-22(11-13-7-9-14(19)10-8-13)12-23-18(25)26-17(21-23)20-15-5-3-4-6-16(15)24-2/h3-10H,11-12H2,1-2H3,(H,20,21). The van der Waals surface area contributed by atoms with Gasteiger partial charge in [-0.3, -0.25) is 4.90 Å². The van der Waals surface area contributed by atoms with E-state index in [1.165, 1.54) is 23.5 Å². The minimum atomic E-state index is -0.231. The Labute approximate surface area is 160 Å². The summed E-state index contributed by atoms with van der Waals surface area (Å²) in [5.41, 5.74) is 1.87. The second kappa shape index (κ2) is 8.39. The van der Waals surface area contributed by atoms with Crippen LogP contribution >= 0.6 is 23.6 Å². The lowest BCUT2D eigenvalue weighted by Crippen LogP contribution is -2.22. The molecule has 5 nitrogen and oxygen atoms in total. The molecular formula is C18H19FN4OS2. The molecule has 0 amide bonds. The van der Waals surface area contributed by atoms with Gasteiger partial charge in [-0.2, -0.15) is 0 Å². The highest BCUT2D eigenvalue weighted by Crippen LogP contribution is 2.28. The fraction of sp³-hybridized carbons (Fsp3) is 0.222. The first-order chi connectivity index (χ1) is 12.5. The molecule has 0 saturated carbocycles. The van der Waals surface area contributed by atoms with E-state index >= 15 is 0 Å². The molecule has 0 atom stereocenters. The lowest BCUT2D eigenvalue weighted by atomic mass is 10.2.